The molecule has 0 bridgehead atoms. The van der Waals surface area contributed by atoms with Crippen molar-refractivity contribution in [2.24, 2.45) is 0 Å². The third-order valence-electron chi connectivity index (χ3n) is 2.67. The molecule has 0 fully saturated rings. The van der Waals surface area contributed by atoms with Gasteiger partial charge in [0.1, 0.15) is 10.7 Å². The highest BCUT2D eigenvalue weighted by Crippen LogP contribution is 2.22. The normalized spacial score (nSPS) is 10.6. The summed E-state index contributed by atoms with van der Waals surface area (Å²) < 4.78 is 9.56. The van der Waals surface area contributed by atoms with Crippen LogP contribution in [0.25, 0.3) is 6.08 Å². The molecule has 0 unspecified atom stereocenters. The molecule has 1 heterocycles. The first-order chi connectivity index (χ1) is 11.8. The van der Waals surface area contributed by atoms with E-state index in [1.54, 1.807) is 0 Å². The van der Waals surface area contributed by atoms with Gasteiger partial charge >= 0.3 is 11.9 Å². The average molecular weight is 385 g/mol. The molecule has 0 saturated heterocycles. The number of hydrogen-bond acceptors (Lipinski definition) is 6. The standard InChI is InChI=1S/C15H10Cl2N2O6/c16-9-5-10(17)7-11(6-9)18-13(20)8-24-15(21)4-2-12-1-3-14(25-12)19(22)23/h1-7H,8H2,(H,18,20)/b4-2+. The minimum atomic E-state index is -0.821. The summed E-state index contributed by atoms with van der Waals surface area (Å²) in [6, 6.07) is 6.93. The van der Waals surface area contributed by atoms with Gasteiger partial charge in [0.15, 0.2) is 6.61 Å². The van der Waals surface area contributed by atoms with Crippen LogP contribution in [0.4, 0.5) is 11.6 Å². The monoisotopic (exact) mass is 384 g/mol. The minimum absolute atomic E-state index is 0.0988. The second kappa shape index (κ2) is 8.32. The summed E-state index contributed by atoms with van der Waals surface area (Å²) >= 11 is 11.6. The van der Waals surface area contributed by atoms with Gasteiger partial charge in [0.25, 0.3) is 5.91 Å². The Bertz CT molecular complexity index is 826. The number of carbonyl (C=O) groups excluding carboxylic acids is 2. The van der Waals surface area contributed by atoms with Crippen LogP contribution in [-0.4, -0.2) is 23.4 Å². The van der Waals surface area contributed by atoms with Crippen molar-refractivity contribution < 1.29 is 23.7 Å². The van der Waals surface area contributed by atoms with Crippen molar-refractivity contribution in [3.63, 3.8) is 0 Å². The number of esters is 1. The van der Waals surface area contributed by atoms with Crippen LogP contribution in [0.15, 0.2) is 40.8 Å². The number of halogens is 2. The van der Waals surface area contributed by atoms with Crippen LogP contribution in [-0.2, 0) is 14.3 Å². The lowest BCUT2D eigenvalue weighted by Crippen LogP contribution is -2.20. The van der Waals surface area contributed by atoms with E-state index in [9.17, 15) is 19.7 Å². The van der Waals surface area contributed by atoms with Crippen LogP contribution >= 0.6 is 23.2 Å². The third-order valence-corrected chi connectivity index (χ3v) is 3.10. The first kappa shape index (κ1) is 18.5. The Labute approximate surface area is 151 Å². The molecule has 10 heteroatoms. The molecule has 1 N–H and O–H groups in total. The summed E-state index contributed by atoms with van der Waals surface area (Å²) in [5.41, 5.74) is 0.358. The van der Waals surface area contributed by atoms with E-state index in [1.165, 1.54) is 30.3 Å². The molecule has 0 saturated carbocycles. The average Bonchev–Trinajstić information content (AvgIpc) is 2.99. The van der Waals surface area contributed by atoms with E-state index in [1.807, 2.05) is 0 Å². The van der Waals surface area contributed by atoms with Gasteiger partial charge in [0.05, 0.1) is 6.07 Å². The van der Waals surface area contributed by atoms with Crippen LogP contribution in [0.3, 0.4) is 0 Å². The number of hydrogen-bond donors (Lipinski definition) is 1. The first-order valence-electron chi connectivity index (χ1n) is 6.68. The van der Waals surface area contributed by atoms with Crippen LogP contribution in [0.2, 0.25) is 10.0 Å². The summed E-state index contributed by atoms with van der Waals surface area (Å²) in [6.07, 6.45) is 2.16. The third kappa shape index (κ3) is 5.94. The lowest BCUT2D eigenvalue weighted by Gasteiger charge is -2.06. The zero-order valence-electron chi connectivity index (χ0n) is 12.4. The number of anilines is 1. The topological polar surface area (TPSA) is 112 Å². The zero-order valence-corrected chi connectivity index (χ0v) is 13.9. The number of nitro groups is 1. The van der Waals surface area contributed by atoms with Gasteiger partial charge in [-0.25, -0.2) is 4.79 Å². The Morgan fingerprint density at radius 3 is 2.52 bits per heavy atom. The Hall–Kier alpha value is -2.84. The number of rotatable bonds is 6. The highest BCUT2D eigenvalue weighted by Gasteiger charge is 2.11. The molecule has 25 heavy (non-hydrogen) atoms. The molecule has 1 aromatic heterocycles. The molecule has 1 amide bonds. The number of ether oxygens (including phenoxy) is 1. The highest BCUT2D eigenvalue weighted by molar-refractivity contribution is 6.35. The fraction of sp³-hybridized carbons (Fsp3) is 0.0667. The summed E-state index contributed by atoms with van der Waals surface area (Å²) in [4.78, 5) is 33.0. The van der Waals surface area contributed by atoms with Gasteiger partial charge in [-0.15, -0.1) is 0 Å². The quantitative estimate of drug-likeness (QED) is 0.351. The number of carbonyl (C=O) groups is 2. The molecule has 0 spiro atoms. The molecule has 130 valence electrons. The summed E-state index contributed by atoms with van der Waals surface area (Å²) in [5, 5.41) is 13.6. The number of amides is 1. The van der Waals surface area contributed by atoms with Crippen LogP contribution in [0.5, 0.6) is 0 Å². The number of furan rings is 1. The molecule has 0 aliphatic heterocycles. The molecule has 8 nitrogen and oxygen atoms in total. The summed E-state index contributed by atoms with van der Waals surface area (Å²) in [5.74, 6) is -1.76. The Morgan fingerprint density at radius 2 is 1.92 bits per heavy atom. The smallest absolute Gasteiger partial charge is 0.433 e. The Kier molecular flexibility index (Phi) is 6.15. The van der Waals surface area contributed by atoms with E-state index in [4.69, 9.17) is 32.4 Å². The summed E-state index contributed by atoms with van der Waals surface area (Å²) in [6.45, 7) is -0.536. The van der Waals surface area contributed by atoms with Crippen LogP contribution in [0, 0.1) is 10.1 Å². The molecule has 0 aliphatic rings. The largest absolute Gasteiger partial charge is 0.452 e. The minimum Gasteiger partial charge on any atom is -0.452 e. The fourth-order valence-electron chi connectivity index (χ4n) is 1.69. The van der Waals surface area contributed by atoms with Crippen molar-refractivity contribution in [3.05, 3.63) is 62.3 Å². The molecule has 2 aromatic rings. The molecule has 0 aliphatic carbocycles. The molecular weight excluding hydrogens is 375 g/mol. The van der Waals surface area contributed by atoms with Crippen molar-refractivity contribution >= 4 is 52.7 Å². The Morgan fingerprint density at radius 1 is 1.24 bits per heavy atom. The first-order valence-corrected chi connectivity index (χ1v) is 7.44. The molecule has 2 rings (SSSR count). The van der Waals surface area contributed by atoms with Gasteiger partial charge in [-0.2, -0.15) is 0 Å². The van der Waals surface area contributed by atoms with E-state index < -0.39 is 29.3 Å². The maximum atomic E-state index is 11.7. The van der Waals surface area contributed by atoms with Crippen molar-refractivity contribution in [2.75, 3.05) is 11.9 Å². The molecular formula is C15H10Cl2N2O6. The lowest BCUT2D eigenvalue weighted by molar-refractivity contribution is -0.402. The fourth-order valence-corrected chi connectivity index (χ4v) is 2.21. The highest BCUT2D eigenvalue weighted by atomic mass is 35.5. The molecule has 0 atom stereocenters. The maximum Gasteiger partial charge on any atom is 0.433 e. The van der Waals surface area contributed by atoms with Crippen LogP contribution in [0.1, 0.15) is 5.76 Å². The van der Waals surface area contributed by atoms with Gasteiger partial charge in [-0.05, 0) is 30.3 Å². The SMILES string of the molecule is O=C(COC(=O)/C=C/c1ccc([N+](=O)[O-])o1)Nc1cc(Cl)cc(Cl)c1. The van der Waals surface area contributed by atoms with E-state index in [2.05, 4.69) is 5.32 Å². The van der Waals surface area contributed by atoms with Gasteiger partial charge in [0, 0.05) is 21.8 Å². The second-order valence-corrected chi connectivity index (χ2v) is 5.45. The van der Waals surface area contributed by atoms with Crippen molar-refractivity contribution in [1.29, 1.82) is 0 Å². The molecule has 1 aromatic carbocycles. The number of nitrogens with one attached hydrogen (secondary N) is 1. The van der Waals surface area contributed by atoms with E-state index in [0.29, 0.717) is 15.7 Å². The Balaban J connectivity index is 1.83. The van der Waals surface area contributed by atoms with Crippen molar-refractivity contribution in [1.82, 2.24) is 0 Å². The van der Waals surface area contributed by atoms with E-state index in [0.717, 1.165) is 12.1 Å². The van der Waals surface area contributed by atoms with Gasteiger partial charge in [-0.3, -0.25) is 14.9 Å². The lowest BCUT2D eigenvalue weighted by atomic mass is 10.3. The predicted octanol–water partition coefficient (Wildman–Crippen LogP) is 3.69. The van der Waals surface area contributed by atoms with E-state index >= 15 is 0 Å². The van der Waals surface area contributed by atoms with Gasteiger partial charge in [-0.1, -0.05) is 23.2 Å². The maximum absolute atomic E-state index is 11.7. The zero-order chi connectivity index (χ0) is 18.4. The second-order valence-electron chi connectivity index (χ2n) is 4.58. The predicted molar refractivity (Wildman–Crippen MR) is 90.4 cm³/mol. The van der Waals surface area contributed by atoms with Gasteiger partial charge < -0.3 is 14.5 Å². The van der Waals surface area contributed by atoms with E-state index in [-0.39, 0.29) is 5.76 Å². The number of nitrogens with zero attached hydrogens (tertiary/aromatic N) is 1. The molecule has 0 radical (unpaired) electrons. The number of benzene rings is 1. The van der Waals surface area contributed by atoms with Crippen LogP contribution < -0.4 is 5.32 Å². The van der Waals surface area contributed by atoms with Crippen molar-refractivity contribution in [3.8, 4) is 0 Å². The summed E-state index contributed by atoms with van der Waals surface area (Å²) in [7, 11) is 0. The van der Waals surface area contributed by atoms with Crippen molar-refractivity contribution in [2.45, 2.75) is 0 Å². The van der Waals surface area contributed by atoms with Gasteiger partial charge in [0.2, 0.25) is 0 Å².